The van der Waals surface area contributed by atoms with Crippen LogP contribution >= 0.6 is 15.9 Å². The molecule has 9 heteroatoms. The fraction of sp³-hybridized carbons (Fsp3) is 0.0968. The van der Waals surface area contributed by atoms with Crippen LogP contribution in [0.25, 0.3) is 16.7 Å². The van der Waals surface area contributed by atoms with Crippen LogP contribution in [0.2, 0.25) is 0 Å². The summed E-state index contributed by atoms with van der Waals surface area (Å²) < 4.78 is 2.79. The first-order valence-electron chi connectivity index (χ1n) is 12.8. The van der Waals surface area contributed by atoms with E-state index in [1.165, 1.54) is 0 Å². The molecule has 0 fully saturated rings. The lowest BCUT2D eigenvalue weighted by atomic mass is 10.1. The van der Waals surface area contributed by atoms with Crippen LogP contribution in [-0.4, -0.2) is 29.8 Å². The molecule has 0 saturated heterocycles. The molecule has 0 bridgehead atoms. The van der Waals surface area contributed by atoms with E-state index in [9.17, 15) is 5.11 Å². The highest BCUT2D eigenvalue weighted by Crippen LogP contribution is 2.36. The minimum absolute atomic E-state index is 0.492. The molecular weight excluding hydrogens is 566 g/mol. The number of aryl methyl sites for hydroxylation is 2. The smallest absolute Gasteiger partial charge is 0.175 e. The van der Waals surface area contributed by atoms with E-state index in [1.807, 2.05) is 103 Å². The van der Waals surface area contributed by atoms with Gasteiger partial charge in [-0.2, -0.15) is 5.10 Å². The molecule has 1 atom stereocenters. The number of aliphatic hydroxyl groups is 1. The van der Waals surface area contributed by atoms with Crippen molar-refractivity contribution in [1.29, 1.82) is 0 Å². The van der Waals surface area contributed by atoms with Crippen LogP contribution in [0.5, 0.6) is 0 Å². The predicted octanol–water partition coefficient (Wildman–Crippen LogP) is 7.16. The number of rotatable bonds is 7. The Hall–Kier alpha value is -4.60. The van der Waals surface area contributed by atoms with Crippen molar-refractivity contribution in [2.24, 2.45) is 0 Å². The molecule has 0 unspecified atom stereocenters. The number of anilines is 4. The Labute approximate surface area is 239 Å². The second-order valence-electron chi connectivity index (χ2n) is 9.37. The average molecular weight is 593 g/mol. The number of pyridine rings is 1. The first kappa shape index (κ1) is 25.7. The third-order valence-electron chi connectivity index (χ3n) is 6.61. The van der Waals surface area contributed by atoms with Gasteiger partial charge in [0.2, 0.25) is 0 Å². The Balaban J connectivity index is 1.53. The summed E-state index contributed by atoms with van der Waals surface area (Å²) in [5.74, 6) is 1.61. The molecule has 8 nitrogen and oxygen atoms in total. The number of hydrogen-bond acceptors (Lipinski definition) is 7. The summed E-state index contributed by atoms with van der Waals surface area (Å²) in [7, 11) is 0. The van der Waals surface area contributed by atoms with Crippen LogP contribution in [0.3, 0.4) is 0 Å². The molecule has 40 heavy (non-hydrogen) atoms. The van der Waals surface area contributed by atoms with E-state index < -0.39 is 6.10 Å². The minimum Gasteiger partial charge on any atom is -0.382 e. The van der Waals surface area contributed by atoms with Gasteiger partial charge < -0.3 is 15.7 Å². The molecule has 0 spiro atoms. The maximum atomic E-state index is 11.6. The highest BCUT2D eigenvalue weighted by atomic mass is 79.9. The van der Waals surface area contributed by atoms with Crippen molar-refractivity contribution in [2.45, 2.75) is 20.0 Å². The molecule has 198 valence electrons. The van der Waals surface area contributed by atoms with Gasteiger partial charge in [-0.25, -0.2) is 14.6 Å². The van der Waals surface area contributed by atoms with Gasteiger partial charge in [0.1, 0.15) is 11.9 Å². The van der Waals surface area contributed by atoms with Gasteiger partial charge in [0.15, 0.2) is 11.6 Å². The highest BCUT2D eigenvalue weighted by Gasteiger charge is 2.26. The minimum atomic E-state index is -1.02. The number of benzene rings is 3. The van der Waals surface area contributed by atoms with E-state index in [2.05, 4.69) is 31.5 Å². The van der Waals surface area contributed by atoms with Gasteiger partial charge in [-0.15, -0.1) is 0 Å². The summed E-state index contributed by atoms with van der Waals surface area (Å²) in [5.41, 5.74) is 6.05. The van der Waals surface area contributed by atoms with Crippen molar-refractivity contribution >= 4 is 50.1 Å². The van der Waals surface area contributed by atoms with Crippen molar-refractivity contribution in [1.82, 2.24) is 24.7 Å². The Morgan fingerprint density at radius 3 is 2.10 bits per heavy atom. The van der Waals surface area contributed by atoms with Crippen LogP contribution in [0.15, 0.2) is 102 Å². The summed E-state index contributed by atoms with van der Waals surface area (Å²) in [6.45, 7) is 3.91. The zero-order valence-electron chi connectivity index (χ0n) is 21.9. The molecule has 3 aromatic carbocycles. The van der Waals surface area contributed by atoms with E-state index in [0.29, 0.717) is 34.4 Å². The fourth-order valence-corrected chi connectivity index (χ4v) is 4.87. The van der Waals surface area contributed by atoms with Gasteiger partial charge in [-0.3, -0.25) is 4.98 Å². The first-order valence-corrected chi connectivity index (χ1v) is 13.6. The van der Waals surface area contributed by atoms with E-state index in [4.69, 9.17) is 15.1 Å². The Morgan fingerprint density at radius 1 is 0.775 bits per heavy atom. The van der Waals surface area contributed by atoms with Crippen molar-refractivity contribution in [3.63, 3.8) is 0 Å². The molecule has 0 saturated carbocycles. The summed E-state index contributed by atoms with van der Waals surface area (Å²) in [6, 6.07) is 29.0. The molecule has 6 aromatic rings. The zero-order chi connectivity index (χ0) is 27.6. The Morgan fingerprint density at radius 2 is 1.43 bits per heavy atom. The lowest BCUT2D eigenvalue weighted by molar-refractivity contribution is 0.215. The SMILES string of the molecule is Cc1ccccc1-n1nc(C)c([C@@H](O)c2ccccn2)c1Nc1nc2ccccc2nc1Nc1ccc(Br)cc1. The summed E-state index contributed by atoms with van der Waals surface area (Å²) in [5, 5.41) is 23.3. The molecule has 3 aromatic heterocycles. The molecule has 0 aliphatic rings. The third kappa shape index (κ3) is 5.04. The number of fused-ring (bicyclic) bond motifs is 1. The van der Waals surface area contributed by atoms with Crippen molar-refractivity contribution < 1.29 is 5.11 Å². The van der Waals surface area contributed by atoms with Gasteiger partial charge in [-0.1, -0.05) is 52.3 Å². The molecule has 3 N–H and O–H groups in total. The average Bonchev–Trinajstić information content (AvgIpc) is 3.29. The van der Waals surface area contributed by atoms with Crippen LogP contribution in [0, 0.1) is 13.8 Å². The molecule has 3 heterocycles. The highest BCUT2D eigenvalue weighted by molar-refractivity contribution is 9.10. The molecule has 0 aliphatic carbocycles. The monoisotopic (exact) mass is 591 g/mol. The molecular formula is C31H26BrN7O. The lowest BCUT2D eigenvalue weighted by Crippen LogP contribution is -2.11. The normalized spacial score (nSPS) is 11.9. The largest absolute Gasteiger partial charge is 0.382 e. The maximum absolute atomic E-state index is 11.6. The number of nitrogens with one attached hydrogen (secondary N) is 2. The first-order chi connectivity index (χ1) is 19.5. The van der Waals surface area contributed by atoms with Crippen molar-refractivity contribution in [3.8, 4) is 5.69 Å². The van der Waals surface area contributed by atoms with Crippen LogP contribution in [0.4, 0.5) is 23.1 Å². The van der Waals surface area contributed by atoms with Crippen molar-refractivity contribution in [2.75, 3.05) is 10.6 Å². The van der Waals surface area contributed by atoms with Crippen LogP contribution in [-0.2, 0) is 0 Å². The molecule has 0 amide bonds. The topological polar surface area (TPSA) is 101 Å². The van der Waals surface area contributed by atoms with Gasteiger partial charge >= 0.3 is 0 Å². The predicted molar refractivity (Wildman–Crippen MR) is 162 cm³/mol. The molecule has 0 radical (unpaired) electrons. The van der Waals surface area contributed by atoms with Crippen molar-refractivity contribution in [3.05, 3.63) is 124 Å². The van der Waals surface area contributed by atoms with E-state index in [1.54, 1.807) is 12.3 Å². The summed E-state index contributed by atoms with van der Waals surface area (Å²) >= 11 is 3.49. The van der Waals surface area contributed by atoms with Gasteiger partial charge in [0.05, 0.1) is 33.7 Å². The number of hydrogen-bond donors (Lipinski definition) is 3. The van der Waals surface area contributed by atoms with Gasteiger partial charge in [0, 0.05) is 16.4 Å². The number of aliphatic hydroxyl groups excluding tert-OH is 1. The second-order valence-corrected chi connectivity index (χ2v) is 10.3. The quantitative estimate of drug-likeness (QED) is 0.181. The van der Waals surface area contributed by atoms with Crippen LogP contribution in [0.1, 0.15) is 28.6 Å². The Kier molecular flexibility index (Phi) is 6.98. The lowest BCUT2D eigenvalue weighted by Gasteiger charge is -2.18. The number of halogens is 1. The van der Waals surface area contributed by atoms with E-state index in [-0.39, 0.29) is 0 Å². The second kappa shape index (κ2) is 10.9. The molecule has 6 rings (SSSR count). The summed E-state index contributed by atoms with van der Waals surface area (Å²) in [6.07, 6.45) is 0.652. The number of para-hydroxylation sites is 3. The zero-order valence-corrected chi connectivity index (χ0v) is 23.5. The number of aromatic nitrogens is 5. The standard InChI is InChI=1S/C31H26BrN7O/c1-19-9-3-6-13-26(19)39-31(27(20(2)38-39)28(40)25-12-7-8-18-33-25)37-30-29(34-22-16-14-21(32)15-17-22)35-23-10-4-5-11-24(23)36-30/h3-18,28,40H,1-2H3,(H,34,35)(H,36,37)/t28-/m0/s1. The number of nitrogens with zero attached hydrogens (tertiary/aromatic N) is 5. The van der Waals surface area contributed by atoms with E-state index in [0.717, 1.165) is 32.4 Å². The maximum Gasteiger partial charge on any atom is 0.175 e. The van der Waals surface area contributed by atoms with Gasteiger partial charge in [-0.05, 0) is 74.0 Å². The third-order valence-corrected chi connectivity index (χ3v) is 7.13. The fourth-order valence-electron chi connectivity index (χ4n) is 4.60. The summed E-state index contributed by atoms with van der Waals surface area (Å²) in [4.78, 5) is 14.2. The van der Waals surface area contributed by atoms with Crippen LogP contribution < -0.4 is 10.6 Å². The molecule has 0 aliphatic heterocycles. The Bertz CT molecular complexity index is 1800. The van der Waals surface area contributed by atoms with Gasteiger partial charge in [0.25, 0.3) is 0 Å². The van der Waals surface area contributed by atoms with E-state index >= 15 is 0 Å².